The molecule has 0 amide bonds. The molecule has 1 aliphatic heterocycles. The molecule has 0 aromatic heterocycles. The van der Waals surface area contributed by atoms with Crippen LogP contribution in [-0.4, -0.2) is 44.8 Å². The highest BCUT2D eigenvalue weighted by atomic mass is 35.5. The quantitative estimate of drug-likeness (QED) is 0.924. The van der Waals surface area contributed by atoms with Crippen molar-refractivity contribution >= 4 is 12.4 Å². The number of halogens is 1. The van der Waals surface area contributed by atoms with Gasteiger partial charge in [-0.05, 0) is 37.1 Å². The van der Waals surface area contributed by atoms with Crippen LogP contribution in [0.15, 0.2) is 12.1 Å². The fourth-order valence-electron chi connectivity index (χ4n) is 2.59. The summed E-state index contributed by atoms with van der Waals surface area (Å²) < 4.78 is 10.7. The smallest absolute Gasteiger partial charge is 0.161 e. The molecule has 4 nitrogen and oxygen atoms in total. The Bertz CT molecular complexity index is 440. The second-order valence-electron chi connectivity index (χ2n) is 5.22. The van der Waals surface area contributed by atoms with Gasteiger partial charge >= 0.3 is 0 Å². The molecular formula is C15H25ClN2O2. The van der Waals surface area contributed by atoms with Crippen LogP contribution in [0.5, 0.6) is 11.5 Å². The Morgan fingerprint density at radius 3 is 2.50 bits per heavy atom. The van der Waals surface area contributed by atoms with Crippen LogP contribution >= 0.6 is 12.4 Å². The maximum atomic E-state index is 5.39. The summed E-state index contributed by atoms with van der Waals surface area (Å²) in [7, 11) is 3.36. The predicted octanol–water partition coefficient (Wildman–Crippen LogP) is 2.23. The minimum atomic E-state index is 0. The number of hydrogen-bond donors (Lipinski definition) is 1. The van der Waals surface area contributed by atoms with Gasteiger partial charge in [-0.1, -0.05) is 0 Å². The van der Waals surface area contributed by atoms with Gasteiger partial charge in [0.15, 0.2) is 11.5 Å². The number of benzene rings is 1. The second kappa shape index (κ2) is 7.72. The van der Waals surface area contributed by atoms with Crippen LogP contribution in [0.3, 0.4) is 0 Å². The van der Waals surface area contributed by atoms with Gasteiger partial charge in [-0.15, -0.1) is 12.4 Å². The van der Waals surface area contributed by atoms with Crippen LogP contribution in [0.25, 0.3) is 0 Å². The molecular weight excluding hydrogens is 276 g/mol. The molecule has 0 saturated carbocycles. The van der Waals surface area contributed by atoms with Crippen LogP contribution in [0, 0.1) is 6.92 Å². The van der Waals surface area contributed by atoms with Crippen molar-refractivity contribution in [2.75, 3.05) is 33.9 Å². The van der Waals surface area contributed by atoms with E-state index in [0.29, 0.717) is 6.04 Å². The van der Waals surface area contributed by atoms with Crippen molar-refractivity contribution in [3.63, 3.8) is 0 Å². The van der Waals surface area contributed by atoms with Crippen LogP contribution in [0.1, 0.15) is 18.1 Å². The molecule has 1 saturated heterocycles. The van der Waals surface area contributed by atoms with Gasteiger partial charge in [0.2, 0.25) is 0 Å². The second-order valence-corrected chi connectivity index (χ2v) is 5.22. The Balaban J connectivity index is 0.00000200. The maximum Gasteiger partial charge on any atom is 0.161 e. The highest BCUT2D eigenvalue weighted by molar-refractivity contribution is 5.85. The van der Waals surface area contributed by atoms with E-state index >= 15 is 0 Å². The lowest BCUT2D eigenvalue weighted by atomic mass is 10.1. The van der Waals surface area contributed by atoms with E-state index in [9.17, 15) is 0 Å². The van der Waals surface area contributed by atoms with Gasteiger partial charge in [0.25, 0.3) is 0 Å². The van der Waals surface area contributed by atoms with Crippen molar-refractivity contribution < 1.29 is 9.47 Å². The lowest BCUT2D eigenvalue weighted by molar-refractivity contribution is 0.199. The summed E-state index contributed by atoms with van der Waals surface area (Å²) in [5.74, 6) is 1.61. The first-order valence-corrected chi connectivity index (χ1v) is 6.81. The van der Waals surface area contributed by atoms with Gasteiger partial charge < -0.3 is 14.8 Å². The van der Waals surface area contributed by atoms with E-state index < -0.39 is 0 Å². The first-order chi connectivity index (χ1) is 9.13. The molecule has 114 valence electrons. The van der Waals surface area contributed by atoms with Crippen molar-refractivity contribution in [1.29, 1.82) is 0 Å². The first-order valence-electron chi connectivity index (χ1n) is 6.81. The van der Waals surface area contributed by atoms with Crippen LogP contribution < -0.4 is 14.8 Å². The fourth-order valence-corrected chi connectivity index (χ4v) is 2.59. The summed E-state index contributed by atoms with van der Waals surface area (Å²) >= 11 is 0. The number of nitrogens with one attached hydrogen (secondary N) is 1. The van der Waals surface area contributed by atoms with E-state index in [1.807, 2.05) is 0 Å². The third-order valence-corrected chi connectivity index (χ3v) is 3.69. The lowest BCUT2D eigenvalue weighted by Crippen LogP contribution is -2.48. The Hall–Kier alpha value is -0.970. The monoisotopic (exact) mass is 300 g/mol. The zero-order chi connectivity index (χ0) is 13.8. The number of nitrogens with zero attached hydrogens (tertiary/aromatic N) is 1. The number of aryl methyl sites for hydroxylation is 1. The zero-order valence-corrected chi connectivity index (χ0v) is 13.5. The fraction of sp³-hybridized carbons (Fsp3) is 0.600. The number of methoxy groups -OCH3 is 2. The van der Waals surface area contributed by atoms with E-state index in [-0.39, 0.29) is 12.4 Å². The Kier molecular flexibility index (Phi) is 6.59. The SMILES string of the molecule is COc1cc(C)c(CN2CCNC(C)C2)cc1OC.Cl. The average Bonchev–Trinajstić information content (AvgIpc) is 2.40. The van der Waals surface area contributed by atoms with Crippen molar-refractivity contribution in [2.24, 2.45) is 0 Å². The van der Waals surface area contributed by atoms with E-state index in [0.717, 1.165) is 37.7 Å². The summed E-state index contributed by atoms with van der Waals surface area (Å²) in [6, 6.07) is 4.72. The highest BCUT2D eigenvalue weighted by Gasteiger charge is 2.17. The van der Waals surface area contributed by atoms with Crippen molar-refractivity contribution in [1.82, 2.24) is 10.2 Å². The highest BCUT2D eigenvalue weighted by Crippen LogP contribution is 2.30. The third kappa shape index (κ3) is 4.01. The van der Waals surface area contributed by atoms with Crippen LogP contribution in [0.2, 0.25) is 0 Å². The Labute approximate surface area is 127 Å². The molecule has 0 radical (unpaired) electrons. The normalized spacial score (nSPS) is 19.3. The van der Waals surface area contributed by atoms with E-state index in [1.165, 1.54) is 11.1 Å². The lowest BCUT2D eigenvalue weighted by Gasteiger charge is -2.32. The Morgan fingerprint density at radius 1 is 1.25 bits per heavy atom. The zero-order valence-electron chi connectivity index (χ0n) is 12.7. The van der Waals surface area contributed by atoms with Gasteiger partial charge in [0, 0.05) is 32.2 Å². The molecule has 1 aromatic carbocycles. The third-order valence-electron chi connectivity index (χ3n) is 3.69. The van der Waals surface area contributed by atoms with Crippen molar-refractivity contribution in [3.05, 3.63) is 23.3 Å². The maximum absolute atomic E-state index is 5.39. The average molecular weight is 301 g/mol. The largest absolute Gasteiger partial charge is 0.493 e. The molecule has 1 unspecified atom stereocenters. The molecule has 0 bridgehead atoms. The molecule has 1 fully saturated rings. The predicted molar refractivity (Wildman–Crippen MR) is 84.3 cm³/mol. The first kappa shape index (κ1) is 17.1. The van der Waals surface area contributed by atoms with Crippen molar-refractivity contribution in [2.45, 2.75) is 26.4 Å². The summed E-state index contributed by atoms with van der Waals surface area (Å²) in [5, 5.41) is 3.47. The number of hydrogen-bond acceptors (Lipinski definition) is 4. The molecule has 1 atom stereocenters. The molecule has 5 heteroatoms. The van der Waals surface area contributed by atoms with Gasteiger partial charge in [-0.3, -0.25) is 4.90 Å². The molecule has 20 heavy (non-hydrogen) atoms. The van der Waals surface area contributed by atoms with Crippen molar-refractivity contribution in [3.8, 4) is 11.5 Å². The van der Waals surface area contributed by atoms with E-state index in [2.05, 4.69) is 36.2 Å². The minimum Gasteiger partial charge on any atom is -0.493 e. The van der Waals surface area contributed by atoms with Gasteiger partial charge in [0.1, 0.15) is 0 Å². The molecule has 1 heterocycles. The number of piperazine rings is 1. The van der Waals surface area contributed by atoms with Crippen LogP contribution in [0.4, 0.5) is 0 Å². The summed E-state index contributed by atoms with van der Waals surface area (Å²) in [5.41, 5.74) is 2.57. The molecule has 0 aliphatic carbocycles. The molecule has 1 aliphatic rings. The Morgan fingerprint density at radius 2 is 1.90 bits per heavy atom. The van der Waals surface area contributed by atoms with Gasteiger partial charge in [-0.2, -0.15) is 0 Å². The summed E-state index contributed by atoms with van der Waals surface area (Å²) in [6.45, 7) is 8.58. The standard InChI is InChI=1S/C15H24N2O2.ClH/c1-11-7-14(18-3)15(19-4)8-13(11)10-17-6-5-16-12(2)9-17;/h7-8,12,16H,5-6,9-10H2,1-4H3;1H. The van der Waals surface area contributed by atoms with Crippen LogP contribution in [-0.2, 0) is 6.54 Å². The van der Waals surface area contributed by atoms with E-state index in [4.69, 9.17) is 9.47 Å². The minimum absolute atomic E-state index is 0. The van der Waals surface area contributed by atoms with Gasteiger partial charge in [0.05, 0.1) is 14.2 Å². The number of rotatable bonds is 4. The molecule has 1 N–H and O–H groups in total. The molecule has 2 rings (SSSR count). The summed E-state index contributed by atoms with van der Waals surface area (Å²) in [4.78, 5) is 2.48. The number of ether oxygens (including phenoxy) is 2. The molecule has 1 aromatic rings. The van der Waals surface area contributed by atoms with E-state index in [1.54, 1.807) is 14.2 Å². The summed E-state index contributed by atoms with van der Waals surface area (Å²) in [6.07, 6.45) is 0. The topological polar surface area (TPSA) is 33.7 Å². The molecule has 0 spiro atoms. The van der Waals surface area contributed by atoms with Gasteiger partial charge in [-0.25, -0.2) is 0 Å².